The van der Waals surface area contributed by atoms with Gasteiger partial charge in [0.2, 0.25) is 0 Å². The van der Waals surface area contributed by atoms with Crippen LogP contribution >= 0.6 is 0 Å². The fourth-order valence-electron chi connectivity index (χ4n) is 2.69. The highest BCUT2D eigenvalue weighted by molar-refractivity contribution is 5.84. The Kier molecular flexibility index (Phi) is 3.42. The maximum Gasteiger partial charge on any atom is 0.140 e. The summed E-state index contributed by atoms with van der Waals surface area (Å²) in [5.74, 6) is 0.800. The monoisotopic (exact) mass is 216 g/mol. The van der Waals surface area contributed by atoms with Crippen molar-refractivity contribution in [1.82, 2.24) is 0 Å². The fourth-order valence-corrected chi connectivity index (χ4v) is 2.69. The van der Waals surface area contributed by atoms with E-state index in [1.807, 2.05) is 0 Å². The van der Waals surface area contributed by atoms with E-state index >= 15 is 0 Å². The summed E-state index contributed by atoms with van der Waals surface area (Å²) in [5, 5.41) is 0. The molecule has 1 aromatic carbocycles. The molecule has 1 fully saturated rings. The SMILES string of the molecule is Cc1cccc(C)c1CC(=O)C1CCCC1. The van der Waals surface area contributed by atoms with Gasteiger partial charge in [-0.1, -0.05) is 31.0 Å². The smallest absolute Gasteiger partial charge is 0.140 e. The van der Waals surface area contributed by atoms with Crippen LogP contribution in [0.3, 0.4) is 0 Å². The van der Waals surface area contributed by atoms with Gasteiger partial charge in [-0.3, -0.25) is 4.79 Å². The van der Waals surface area contributed by atoms with Crippen molar-refractivity contribution >= 4 is 5.78 Å². The minimum atomic E-state index is 0.346. The highest BCUT2D eigenvalue weighted by Crippen LogP contribution is 2.27. The topological polar surface area (TPSA) is 17.1 Å². The summed E-state index contributed by atoms with van der Waals surface area (Å²) in [7, 11) is 0. The van der Waals surface area contributed by atoms with E-state index in [-0.39, 0.29) is 0 Å². The molecule has 16 heavy (non-hydrogen) atoms. The third kappa shape index (κ3) is 2.34. The summed E-state index contributed by atoms with van der Waals surface area (Å²) in [6.45, 7) is 4.20. The number of aryl methyl sites for hydroxylation is 2. The second-order valence-electron chi connectivity index (χ2n) is 4.99. The Balaban J connectivity index is 2.11. The van der Waals surface area contributed by atoms with Crippen molar-refractivity contribution in [2.45, 2.75) is 46.0 Å². The van der Waals surface area contributed by atoms with Gasteiger partial charge in [-0.25, -0.2) is 0 Å². The zero-order valence-corrected chi connectivity index (χ0v) is 10.3. The van der Waals surface area contributed by atoms with Gasteiger partial charge in [0.1, 0.15) is 5.78 Å². The maximum atomic E-state index is 12.1. The lowest BCUT2D eigenvalue weighted by atomic mass is 9.92. The molecular weight excluding hydrogens is 196 g/mol. The summed E-state index contributed by atoms with van der Waals surface area (Å²) < 4.78 is 0. The van der Waals surface area contributed by atoms with Gasteiger partial charge in [0.05, 0.1) is 0 Å². The van der Waals surface area contributed by atoms with Gasteiger partial charge in [-0.05, 0) is 43.4 Å². The van der Waals surface area contributed by atoms with Crippen molar-refractivity contribution in [2.24, 2.45) is 5.92 Å². The first-order chi connectivity index (χ1) is 7.68. The molecule has 0 atom stereocenters. The van der Waals surface area contributed by atoms with E-state index in [1.165, 1.54) is 29.5 Å². The molecule has 0 radical (unpaired) electrons. The maximum absolute atomic E-state index is 12.1. The van der Waals surface area contributed by atoms with Crippen LogP contribution in [0.4, 0.5) is 0 Å². The first kappa shape index (κ1) is 11.4. The Labute approximate surface area is 97.9 Å². The molecule has 1 aliphatic carbocycles. The van der Waals surface area contributed by atoms with E-state index < -0.39 is 0 Å². The van der Waals surface area contributed by atoms with E-state index in [4.69, 9.17) is 0 Å². The fraction of sp³-hybridized carbons (Fsp3) is 0.533. The summed E-state index contributed by atoms with van der Waals surface area (Å²) in [6, 6.07) is 6.27. The van der Waals surface area contributed by atoms with Crippen LogP contribution in [0.5, 0.6) is 0 Å². The minimum Gasteiger partial charge on any atom is -0.299 e. The summed E-state index contributed by atoms with van der Waals surface area (Å²) in [6.07, 6.45) is 5.35. The van der Waals surface area contributed by atoms with Crippen LogP contribution in [-0.4, -0.2) is 5.78 Å². The molecule has 0 bridgehead atoms. The molecular formula is C15H20O. The van der Waals surface area contributed by atoms with Crippen LogP contribution in [0.25, 0.3) is 0 Å². The number of hydrogen-bond donors (Lipinski definition) is 0. The number of hydrogen-bond acceptors (Lipinski definition) is 1. The number of rotatable bonds is 3. The van der Waals surface area contributed by atoms with Gasteiger partial charge in [0.15, 0.2) is 0 Å². The Morgan fingerprint density at radius 3 is 2.31 bits per heavy atom. The van der Waals surface area contributed by atoms with Crippen LogP contribution in [-0.2, 0) is 11.2 Å². The molecule has 1 aliphatic rings. The average Bonchev–Trinajstić information content (AvgIpc) is 2.76. The second-order valence-corrected chi connectivity index (χ2v) is 4.99. The third-order valence-electron chi connectivity index (χ3n) is 3.81. The summed E-state index contributed by atoms with van der Waals surface area (Å²) in [5.41, 5.74) is 3.76. The lowest BCUT2D eigenvalue weighted by molar-refractivity contribution is -0.122. The number of Topliss-reactive ketones (excluding diaryl/α,β-unsaturated/α-hetero) is 1. The predicted molar refractivity (Wildman–Crippen MR) is 66.6 cm³/mol. The van der Waals surface area contributed by atoms with Crippen LogP contribution in [0.1, 0.15) is 42.4 Å². The summed E-state index contributed by atoms with van der Waals surface area (Å²) >= 11 is 0. The third-order valence-corrected chi connectivity index (χ3v) is 3.81. The zero-order valence-electron chi connectivity index (χ0n) is 10.3. The first-order valence-electron chi connectivity index (χ1n) is 6.26. The molecule has 0 amide bonds. The van der Waals surface area contributed by atoms with Crippen molar-refractivity contribution in [2.75, 3.05) is 0 Å². The predicted octanol–water partition coefficient (Wildman–Crippen LogP) is 3.61. The molecule has 0 spiro atoms. The highest BCUT2D eigenvalue weighted by Gasteiger charge is 2.23. The Bertz CT molecular complexity index is 366. The van der Waals surface area contributed by atoms with Crippen molar-refractivity contribution in [1.29, 1.82) is 0 Å². The number of carbonyl (C=O) groups is 1. The molecule has 0 saturated heterocycles. The Morgan fingerprint density at radius 2 is 1.75 bits per heavy atom. The van der Waals surface area contributed by atoms with Crippen LogP contribution in [0, 0.1) is 19.8 Å². The van der Waals surface area contributed by atoms with Crippen LogP contribution < -0.4 is 0 Å². The van der Waals surface area contributed by atoms with E-state index in [9.17, 15) is 4.79 Å². The van der Waals surface area contributed by atoms with Gasteiger partial charge < -0.3 is 0 Å². The molecule has 0 unspecified atom stereocenters. The van der Waals surface area contributed by atoms with Crippen molar-refractivity contribution in [3.05, 3.63) is 34.9 Å². The molecule has 0 heterocycles. The molecule has 1 saturated carbocycles. The molecule has 1 heteroatoms. The van der Waals surface area contributed by atoms with Gasteiger partial charge in [-0.15, -0.1) is 0 Å². The van der Waals surface area contributed by atoms with Gasteiger partial charge in [0.25, 0.3) is 0 Å². The Hall–Kier alpha value is -1.11. The van der Waals surface area contributed by atoms with Gasteiger partial charge >= 0.3 is 0 Å². The molecule has 1 aromatic rings. The molecule has 86 valence electrons. The lowest BCUT2D eigenvalue weighted by Crippen LogP contribution is -2.14. The quantitative estimate of drug-likeness (QED) is 0.754. The van der Waals surface area contributed by atoms with Crippen LogP contribution in [0.2, 0.25) is 0 Å². The molecule has 0 aromatic heterocycles. The second kappa shape index (κ2) is 4.82. The molecule has 1 nitrogen and oxygen atoms in total. The van der Waals surface area contributed by atoms with E-state index in [2.05, 4.69) is 32.0 Å². The van der Waals surface area contributed by atoms with E-state index in [1.54, 1.807) is 0 Å². The van der Waals surface area contributed by atoms with E-state index in [0.717, 1.165) is 12.8 Å². The van der Waals surface area contributed by atoms with E-state index in [0.29, 0.717) is 18.1 Å². The zero-order chi connectivity index (χ0) is 11.5. The number of ketones is 1. The van der Waals surface area contributed by atoms with Gasteiger partial charge in [-0.2, -0.15) is 0 Å². The summed E-state index contributed by atoms with van der Waals surface area (Å²) in [4.78, 5) is 12.1. The number of carbonyl (C=O) groups excluding carboxylic acids is 1. The van der Waals surface area contributed by atoms with Crippen molar-refractivity contribution in [3.63, 3.8) is 0 Å². The Morgan fingerprint density at radius 1 is 1.19 bits per heavy atom. The average molecular weight is 216 g/mol. The lowest BCUT2D eigenvalue weighted by Gasteiger charge is -2.12. The normalized spacial score (nSPS) is 16.6. The van der Waals surface area contributed by atoms with Crippen molar-refractivity contribution in [3.8, 4) is 0 Å². The van der Waals surface area contributed by atoms with Gasteiger partial charge in [0, 0.05) is 12.3 Å². The highest BCUT2D eigenvalue weighted by atomic mass is 16.1. The molecule has 0 aliphatic heterocycles. The molecule has 0 N–H and O–H groups in total. The standard InChI is InChI=1S/C15H20O/c1-11-6-5-7-12(2)14(11)10-15(16)13-8-3-4-9-13/h5-7,13H,3-4,8-10H2,1-2H3. The minimum absolute atomic E-state index is 0.346. The van der Waals surface area contributed by atoms with Crippen molar-refractivity contribution < 1.29 is 4.79 Å². The molecule has 2 rings (SSSR count). The first-order valence-corrected chi connectivity index (χ1v) is 6.26. The largest absolute Gasteiger partial charge is 0.299 e. The number of benzene rings is 1. The van der Waals surface area contributed by atoms with Crippen LogP contribution in [0.15, 0.2) is 18.2 Å².